The number of anilines is 2. The fraction of sp³-hybridized carbons (Fsp3) is 0.250. The molecule has 0 fully saturated rings. The maximum absolute atomic E-state index is 12.2. The number of aryl methyl sites for hydroxylation is 1. The number of hydrogen-bond donors (Lipinski definition) is 2. The van der Waals surface area contributed by atoms with Crippen LogP contribution in [-0.2, 0) is 17.1 Å². The largest absolute Gasteiger partial charge is 0.465 e. The molecule has 160 valence electrons. The Bertz CT molecular complexity index is 1190. The van der Waals surface area contributed by atoms with Crippen LogP contribution in [0.1, 0.15) is 18.5 Å². The number of thiophene rings is 1. The van der Waals surface area contributed by atoms with Crippen molar-refractivity contribution in [2.24, 2.45) is 7.05 Å². The summed E-state index contributed by atoms with van der Waals surface area (Å²) in [6.07, 6.45) is 1.08. The Morgan fingerprint density at radius 2 is 2.07 bits per heavy atom. The predicted octanol–water partition coefficient (Wildman–Crippen LogP) is 3.86. The molecule has 14 heteroatoms. The van der Waals surface area contributed by atoms with Crippen LogP contribution in [0.25, 0.3) is 11.4 Å². The third-order valence-corrected chi connectivity index (χ3v) is 6.19. The van der Waals surface area contributed by atoms with Crippen molar-refractivity contribution in [3.8, 4) is 11.4 Å². The van der Waals surface area contributed by atoms with Crippen LogP contribution >= 0.6 is 34.5 Å². The van der Waals surface area contributed by atoms with Gasteiger partial charge in [0.2, 0.25) is 10.0 Å². The van der Waals surface area contributed by atoms with Gasteiger partial charge < -0.3 is 5.11 Å². The van der Waals surface area contributed by atoms with Crippen molar-refractivity contribution in [1.82, 2.24) is 20.0 Å². The zero-order valence-electron chi connectivity index (χ0n) is 15.9. The van der Waals surface area contributed by atoms with Crippen molar-refractivity contribution in [2.75, 3.05) is 15.9 Å². The second-order valence-electron chi connectivity index (χ2n) is 6.30. The lowest BCUT2D eigenvalue weighted by molar-refractivity contribution is 0.199. The predicted molar refractivity (Wildman–Crippen MR) is 116 cm³/mol. The Kier molecular flexibility index (Phi) is 6.22. The molecule has 0 aliphatic carbocycles. The molecule has 3 rings (SSSR count). The van der Waals surface area contributed by atoms with Crippen molar-refractivity contribution in [3.63, 3.8) is 0 Å². The van der Waals surface area contributed by atoms with E-state index in [4.69, 9.17) is 23.2 Å². The molecule has 1 unspecified atom stereocenters. The second kappa shape index (κ2) is 8.38. The van der Waals surface area contributed by atoms with Crippen molar-refractivity contribution in [1.29, 1.82) is 0 Å². The molecule has 1 amide bonds. The number of sulfonamides is 1. The summed E-state index contributed by atoms with van der Waals surface area (Å²) in [4.78, 5) is 17.4. The molecule has 0 bridgehead atoms. The molecule has 0 saturated carbocycles. The molecule has 3 heterocycles. The monoisotopic (exact) mass is 490 g/mol. The lowest BCUT2D eigenvalue weighted by Gasteiger charge is -2.26. The minimum Gasteiger partial charge on any atom is -0.465 e. The van der Waals surface area contributed by atoms with Crippen LogP contribution in [0.3, 0.4) is 0 Å². The van der Waals surface area contributed by atoms with E-state index in [0.29, 0.717) is 19.9 Å². The van der Waals surface area contributed by atoms with Gasteiger partial charge in [0.05, 0.1) is 38.5 Å². The lowest BCUT2D eigenvalue weighted by atomic mass is 10.1. The van der Waals surface area contributed by atoms with Crippen molar-refractivity contribution >= 4 is 62.2 Å². The average molecular weight is 491 g/mol. The van der Waals surface area contributed by atoms with E-state index in [1.165, 1.54) is 23.0 Å². The van der Waals surface area contributed by atoms with E-state index >= 15 is 0 Å². The fourth-order valence-corrected chi connectivity index (χ4v) is 5.00. The first-order chi connectivity index (χ1) is 14.0. The van der Waals surface area contributed by atoms with Crippen LogP contribution in [0.2, 0.25) is 8.67 Å². The van der Waals surface area contributed by atoms with Crippen LogP contribution in [0.5, 0.6) is 0 Å². The zero-order chi connectivity index (χ0) is 22.2. The summed E-state index contributed by atoms with van der Waals surface area (Å²) < 4.78 is 27.2. The number of nitrogens with one attached hydrogen (secondary N) is 1. The quantitative estimate of drug-likeness (QED) is 0.535. The molecule has 0 aliphatic rings. The summed E-state index contributed by atoms with van der Waals surface area (Å²) in [6, 6.07) is 3.93. The van der Waals surface area contributed by atoms with E-state index in [1.807, 2.05) is 0 Å². The van der Waals surface area contributed by atoms with E-state index in [9.17, 15) is 18.3 Å². The van der Waals surface area contributed by atoms with Crippen molar-refractivity contribution in [2.45, 2.75) is 13.0 Å². The molecule has 0 spiro atoms. The summed E-state index contributed by atoms with van der Waals surface area (Å²) in [5.41, 5.74) is 1.32. The average Bonchev–Trinajstić information content (AvgIpc) is 3.16. The summed E-state index contributed by atoms with van der Waals surface area (Å²) in [6.45, 7) is 1.67. The third-order valence-electron chi connectivity index (χ3n) is 4.06. The summed E-state index contributed by atoms with van der Waals surface area (Å²) in [5.74, 6) is 0.171. The molecule has 3 aromatic heterocycles. The van der Waals surface area contributed by atoms with Gasteiger partial charge in [0, 0.05) is 12.6 Å². The first kappa shape index (κ1) is 22.3. The summed E-state index contributed by atoms with van der Waals surface area (Å²) >= 11 is 13.4. The summed E-state index contributed by atoms with van der Waals surface area (Å²) in [5, 5.41) is 17.9. The zero-order valence-corrected chi connectivity index (χ0v) is 19.0. The van der Waals surface area contributed by atoms with E-state index in [2.05, 4.69) is 20.0 Å². The number of amides is 1. The minimum absolute atomic E-state index is 0.171. The molecule has 0 aromatic carbocycles. The molecule has 0 aliphatic heterocycles. The first-order valence-electron chi connectivity index (χ1n) is 8.28. The highest BCUT2D eigenvalue weighted by Gasteiger charge is 2.32. The number of carbonyl (C=O) groups is 1. The number of pyridine rings is 1. The first-order valence-corrected chi connectivity index (χ1v) is 11.7. The van der Waals surface area contributed by atoms with Gasteiger partial charge in [-0.2, -0.15) is 0 Å². The van der Waals surface area contributed by atoms with E-state index in [-0.39, 0.29) is 17.2 Å². The molecule has 2 N–H and O–H groups in total. The lowest BCUT2D eigenvalue weighted by Crippen LogP contribution is -2.34. The molecular formula is C16H16Cl2N6O4S2. The molecule has 3 aromatic rings. The number of aromatic nitrogens is 4. The summed E-state index contributed by atoms with van der Waals surface area (Å²) in [7, 11) is -1.91. The van der Waals surface area contributed by atoms with Crippen molar-refractivity contribution < 1.29 is 18.3 Å². The van der Waals surface area contributed by atoms with Crippen molar-refractivity contribution in [3.05, 3.63) is 38.6 Å². The van der Waals surface area contributed by atoms with Crippen LogP contribution in [0.4, 0.5) is 16.3 Å². The topological polar surface area (TPSA) is 130 Å². The molecular weight excluding hydrogens is 475 g/mol. The van der Waals surface area contributed by atoms with E-state index < -0.39 is 22.2 Å². The van der Waals surface area contributed by atoms with Gasteiger partial charge in [0.15, 0.2) is 11.5 Å². The highest BCUT2D eigenvalue weighted by molar-refractivity contribution is 7.92. The maximum atomic E-state index is 12.2. The van der Waals surface area contributed by atoms with Gasteiger partial charge in [-0.25, -0.2) is 17.9 Å². The normalized spacial score (nSPS) is 12.6. The van der Waals surface area contributed by atoms with Gasteiger partial charge in [-0.05, 0) is 25.1 Å². The Hall–Kier alpha value is -2.41. The molecule has 0 radical (unpaired) electrons. The van der Waals surface area contributed by atoms with Gasteiger partial charge in [-0.1, -0.05) is 28.4 Å². The van der Waals surface area contributed by atoms with Gasteiger partial charge in [-0.3, -0.25) is 14.6 Å². The van der Waals surface area contributed by atoms with Crippen LogP contribution in [0.15, 0.2) is 24.4 Å². The highest BCUT2D eigenvalue weighted by Crippen LogP contribution is 2.40. The number of hydrogen-bond acceptors (Lipinski definition) is 7. The molecule has 30 heavy (non-hydrogen) atoms. The molecule has 10 nitrogen and oxygen atoms in total. The molecule has 1 atom stereocenters. The third kappa shape index (κ3) is 4.67. The Morgan fingerprint density at radius 3 is 2.57 bits per heavy atom. The minimum atomic E-state index is -3.46. The number of rotatable bonds is 6. The van der Waals surface area contributed by atoms with E-state index in [1.54, 1.807) is 20.0 Å². The van der Waals surface area contributed by atoms with Gasteiger partial charge in [0.25, 0.3) is 0 Å². The highest BCUT2D eigenvalue weighted by atomic mass is 35.5. The number of carboxylic acid groups (broad SMARTS) is 1. The van der Waals surface area contributed by atoms with Gasteiger partial charge >= 0.3 is 6.09 Å². The Labute approximate surface area is 186 Å². The van der Waals surface area contributed by atoms with Crippen LogP contribution < -0.4 is 9.62 Å². The number of nitrogens with zero attached hydrogens (tertiary/aromatic N) is 5. The van der Waals surface area contributed by atoms with E-state index in [0.717, 1.165) is 22.5 Å². The van der Waals surface area contributed by atoms with Crippen LogP contribution in [-0.4, -0.2) is 45.9 Å². The Balaban J connectivity index is 2.05. The standard InChI is InChI=1S/C16H16Cl2N6O4S2/c1-8(10-6-12(17)29-14(10)18)24(16(25)26)15-13(20-22-23(15)2)11-5-4-9(7-19-11)21-30(3,27)28/h4-8,21H,1-3H3,(H,25,26). The molecule has 0 saturated heterocycles. The Morgan fingerprint density at radius 1 is 1.37 bits per heavy atom. The van der Waals surface area contributed by atoms with Gasteiger partial charge in [0.1, 0.15) is 0 Å². The number of halogens is 2. The van der Waals surface area contributed by atoms with Gasteiger partial charge in [-0.15, -0.1) is 16.4 Å². The second-order valence-corrected chi connectivity index (χ2v) is 10.3. The SMILES string of the molecule is CC(c1cc(Cl)sc1Cl)N(C(=O)O)c1c(-c2ccc(NS(C)(=O)=O)cn2)nnn1C. The smallest absolute Gasteiger partial charge is 0.413 e. The fourth-order valence-electron chi connectivity index (χ4n) is 2.81. The maximum Gasteiger partial charge on any atom is 0.413 e. The van der Waals surface area contributed by atoms with Crippen LogP contribution in [0, 0.1) is 0 Å².